The Morgan fingerprint density at radius 2 is 2.16 bits per heavy atom. The standard InChI is InChI=1S/C12H21N5O2/c1-7(2)3-9(13)12(19)17-10(11(14)18)4-8-5-15-6-16-8/h5-7,9-10H,3-4,13H2,1-2H3,(H2,14,18)(H,15,16)(H,17,19)/t9-,10-/m0/s1. The minimum atomic E-state index is -0.786. The van der Waals surface area contributed by atoms with Crippen LogP contribution < -0.4 is 16.8 Å². The van der Waals surface area contributed by atoms with Crippen molar-refractivity contribution in [2.24, 2.45) is 17.4 Å². The fourth-order valence-electron chi connectivity index (χ4n) is 1.73. The molecule has 0 saturated heterocycles. The molecule has 2 amide bonds. The van der Waals surface area contributed by atoms with Gasteiger partial charge in [0.25, 0.3) is 0 Å². The van der Waals surface area contributed by atoms with E-state index in [1.54, 1.807) is 6.20 Å². The van der Waals surface area contributed by atoms with E-state index in [0.29, 0.717) is 12.3 Å². The zero-order chi connectivity index (χ0) is 14.4. The van der Waals surface area contributed by atoms with Gasteiger partial charge in [-0.05, 0) is 12.3 Å². The van der Waals surface area contributed by atoms with E-state index in [-0.39, 0.29) is 12.3 Å². The lowest BCUT2D eigenvalue weighted by Crippen LogP contribution is -2.51. The van der Waals surface area contributed by atoms with Crippen LogP contribution in [-0.4, -0.2) is 33.9 Å². The molecule has 1 rings (SSSR count). The maximum Gasteiger partial charge on any atom is 0.240 e. The van der Waals surface area contributed by atoms with Crippen LogP contribution in [0, 0.1) is 5.92 Å². The van der Waals surface area contributed by atoms with Crippen molar-refractivity contribution in [1.82, 2.24) is 15.3 Å². The molecule has 1 aromatic rings. The highest BCUT2D eigenvalue weighted by Crippen LogP contribution is 2.04. The molecule has 6 N–H and O–H groups in total. The lowest BCUT2D eigenvalue weighted by molar-refractivity contribution is -0.128. The molecule has 2 atom stereocenters. The first-order valence-corrected chi connectivity index (χ1v) is 6.22. The topological polar surface area (TPSA) is 127 Å². The number of imidazole rings is 1. The molecule has 7 heteroatoms. The Hall–Kier alpha value is -1.89. The average Bonchev–Trinajstić information content (AvgIpc) is 2.79. The van der Waals surface area contributed by atoms with E-state index in [4.69, 9.17) is 11.5 Å². The van der Waals surface area contributed by atoms with Gasteiger partial charge in [0.05, 0.1) is 12.4 Å². The Kier molecular flexibility index (Phi) is 5.50. The number of carbonyl (C=O) groups is 2. The van der Waals surface area contributed by atoms with Gasteiger partial charge < -0.3 is 21.8 Å². The number of nitrogens with one attached hydrogen (secondary N) is 2. The molecule has 1 heterocycles. The minimum absolute atomic E-state index is 0.273. The predicted molar refractivity (Wildman–Crippen MR) is 70.8 cm³/mol. The van der Waals surface area contributed by atoms with Crippen molar-refractivity contribution in [3.8, 4) is 0 Å². The number of rotatable bonds is 7. The first kappa shape index (κ1) is 15.2. The first-order chi connectivity index (χ1) is 8.90. The lowest BCUT2D eigenvalue weighted by Gasteiger charge is -2.19. The van der Waals surface area contributed by atoms with Gasteiger partial charge in [-0.25, -0.2) is 4.98 Å². The highest BCUT2D eigenvalue weighted by Gasteiger charge is 2.23. The third-order valence-electron chi connectivity index (χ3n) is 2.70. The molecule has 106 valence electrons. The highest BCUT2D eigenvalue weighted by atomic mass is 16.2. The smallest absolute Gasteiger partial charge is 0.240 e. The van der Waals surface area contributed by atoms with Crippen LogP contribution in [0.3, 0.4) is 0 Å². The number of hydrogen-bond donors (Lipinski definition) is 4. The number of aromatic nitrogens is 2. The zero-order valence-electron chi connectivity index (χ0n) is 11.2. The van der Waals surface area contributed by atoms with Gasteiger partial charge in [0.2, 0.25) is 11.8 Å². The van der Waals surface area contributed by atoms with Gasteiger partial charge in [0, 0.05) is 18.3 Å². The van der Waals surface area contributed by atoms with Crippen LogP contribution in [-0.2, 0) is 16.0 Å². The predicted octanol–water partition coefficient (Wildman–Crippen LogP) is -0.704. The summed E-state index contributed by atoms with van der Waals surface area (Å²) in [7, 11) is 0. The van der Waals surface area contributed by atoms with Crippen molar-refractivity contribution < 1.29 is 9.59 Å². The monoisotopic (exact) mass is 267 g/mol. The maximum atomic E-state index is 11.9. The third-order valence-corrected chi connectivity index (χ3v) is 2.70. The van der Waals surface area contributed by atoms with Gasteiger partial charge in [0.15, 0.2) is 0 Å². The van der Waals surface area contributed by atoms with Crippen LogP contribution in [0.15, 0.2) is 12.5 Å². The first-order valence-electron chi connectivity index (χ1n) is 6.22. The molecular formula is C12H21N5O2. The van der Waals surface area contributed by atoms with Gasteiger partial charge in [-0.3, -0.25) is 9.59 Å². The molecule has 0 fully saturated rings. The molecule has 0 radical (unpaired) electrons. The molecule has 7 nitrogen and oxygen atoms in total. The number of carbonyl (C=O) groups excluding carboxylic acids is 2. The summed E-state index contributed by atoms with van der Waals surface area (Å²) in [5, 5.41) is 2.57. The van der Waals surface area contributed by atoms with Crippen LogP contribution >= 0.6 is 0 Å². The molecule has 19 heavy (non-hydrogen) atoms. The normalized spacial score (nSPS) is 14.1. The van der Waals surface area contributed by atoms with Crippen LogP contribution in [0.2, 0.25) is 0 Å². The summed E-state index contributed by atoms with van der Waals surface area (Å²) < 4.78 is 0. The SMILES string of the molecule is CC(C)C[C@H](N)C(=O)N[C@@H](Cc1cnc[nH]1)C(N)=O. The molecule has 0 saturated carbocycles. The zero-order valence-corrected chi connectivity index (χ0v) is 11.2. The van der Waals surface area contributed by atoms with E-state index in [2.05, 4.69) is 15.3 Å². The van der Waals surface area contributed by atoms with Gasteiger partial charge in [-0.1, -0.05) is 13.8 Å². The summed E-state index contributed by atoms with van der Waals surface area (Å²) in [6.45, 7) is 3.95. The minimum Gasteiger partial charge on any atom is -0.368 e. The average molecular weight is 267 g/mol. The van der Waals surface area contributed by atoms with E-state index in [1.165, 1.54) is 6.33 Å². The van der Waals surface area contributed by atoms with Crippen LogP contribution in [0.25, 0.3) is 0 Å². The fourth-order valence-corrected chi connectivity index (χ4v) is 1.73. The number of nitrogens with zero attached hydrogens (tertiary/aromatic N) is 1. The van der Waals surface area contributed by atoms with Crippen molar-refractivity contribution in [1.29, 1.82) is 0 Å². The summed E-state index contributed by atoms with van der Waals surface area (Å²) >= 11 is 0. The molecule has 0 aliphatic carbocycles. The van der Waals surface area contributed by atoms with E-state index in [0.717, 1.165) is 5.69 Å². The second kappa shape index (κ2) is 6.89. The fraction of sp³-hybridized carbons (Fsp3) is 0.583. The summed E-state index contributed by atoms with van der Waals surface area (Å²) in [4.78, 5) is 29.9. The molecule has 0 aliphatic heterocycles. The van der Waals surface area contributed by atoms with Crippen molar-refractivity contribution in [2.45, 2.75) is 38.8 Å². The van der Waals surface area contributed by atoms with Crippen molar-refractivity contribution in [3.05, 3.63) is 18.2 Å². The Morgan fingerprint density at radius 3 is 2.63 bits per heavy atom. The van der Waals surface area contributed by atoms with E-state index in [9.17, 15) is 9.59 Å². The van der Waals surface area contributed by atoms with Crippen LogP contribution in [0.4, 0.5) is 0 Å². The molecule has 0 unspecified atom stereocenters. The Morgan fingerprint density at radius 1 is 1.47 bits per heavy atom. The van der Waals surface area contributed by atoms with Gasteiger partial charge in [0.1, 0.15) is 6.04 Å². The number of hydrogen-bond acceptors (Lipinski definition) is 4. The van der Waals surface area contributed by atoms with Gasteiger partial charge in [-0.15, -0.1) is 0 Å². The summed E-state index contributed by atoms with van der Waals surface area (Å²) in [5.74, 6) is -0.655. The number of nitrogens with two attached hydrogens (primary N) is 2. The van der Waals surface area contributed by atoms with Crippen molar-refractivity contribution in [3.63, 3.8) is 0 Å². The molecular weight excluding hydrogens is 246 g/mol. The Labute approximate surface area is 112 Å². The molecule has 0 bridgehead atoms. The number of primary amides is 1. The van der Waals surface area contributed by atoms with Crippen LogP contribution in [0.5, 0.6) is 0 Å². The summed E-state index contributed by atoms with van der Waals surface area (Å²) in [6, 6.07) is -1.42. The number of amides is 2. The second-order valence-electron chi connectivity index (χ2n) is 4.98. The van der Waals surface area contributed by atoms with Crippen LogP contribution in [0.1, 0.15) is 26.0 Å². The molecule has 0 aromatic carbocycles. The van der Waals surface area contributed by atoms with E-state index >= 15 is 0 Å². The van der Waals surface area contributed by atoms with Crippen molar-refractivity contribution >= 4 is 11.8 Å². The summed E-state index contributed by atoms with van der Waals surface area (Å²) in [5.41, 5.74) is 11.8. The molecule has 0 spiro atoms. The largest absolute Gasteiger partial charge is 0.368 e. The molecule has 1 aromatic heterocycles. The highest BCUT2D eigenvalue weighted by molar-refractivity contribution is 5.89. The third kappa shape index (κ3) is 5.09. The van der Waals surface area contributed by atoms with Gasteiger partial charge >= 0.3 is 0 Å². The lowest BCUT2D eigenvalue weighted by atomic mass is 10.0. The van der Waals surface area contributed by atoms with E-state index in [1.807, 2.05) is 13.8 Å². The molecule has 0 aliphatic rings. The maximum absolute atomic E-state index is 11.9. The number of H-pyrrole nitrogens is 1. The Bertz CT molecular complexity index is 416. The summed E-state index contributed by atoms with van der Waals surface area (Å²) in [6.07, 6.45) is 3.91. The Balaban J connectivity index is 2.58. The number of aromatic amines is 1. The van der Waals surface area contributed by atoms with Crippen molar-refractivity contribution in [2.75, 3.05) is 0 Å². The van der Waals surface area contributed by atoms with E-state index < -0.39 is 18.0 Å². The quantitative estimate of drug-likeness (QED) is 0.520. The second-order valence-corrected chi connectivity index (χ2v) is 4.98. The van der Waals surface area contributed by atoms with Gasteiger partial charge in [-0.2, -0.15) is 0 Å².